The third-order valence-electron chi connectivity index (χ3n) is 9.10. The van der Waals surface area contributed by atoms with E-state index >= 15 is 4.39 Å². The highest BCUT2D eigenvalue weighted by atomic mass is 35.5. The Labute approximate surface area is 271 Å². The van der Waals surface area contributed by atoms with Crippen LogP contribution in [-0.4, -0.2) is 33.1 Å². The summed E-state index contributed by atoms with van der Waals surface area (Å²) in [7, 11) is 0. The molecule has 234 valence electrons. The second-order valence-electron chi connectivity index (χ2n) is 12.0. The van der Waals surface area contributed by atoms with Crippen molar-refractivity contribution in [2.24, 2.45) is 0 Å². The molecule has 2 heterocycles. The van der Waals surface area contributed by atoms with Gasteiger partial charge < -0.3 is 19.3 Å². The van der Waals surface area contributed by atoms with Crippen LogP contribution in [0.15, 0.2) is 78.9 Å². The van der Waals surface area contributed by atoms with Gasteiger partial charge in [0.15, 0.2) is 0 Å². The summed E-state index contributed by atoms with van der Waals surface area (Å²) in [5.74, 6) is -0.703. The Balaban J connectivity index is 1.22. The van der Waals surface area contributed by atoms with Crippen molar-refractivity contribution in [2.45, 2.75) is 57.6 Å². The molecule has 1 N–H and O–H groups in total. The van der Waals surface area contributed by atoms with E-state index in [1.165, 1.54) is 12.1 Å². The number of aromatic carboxylic acids is 1. The normalized spacial score (nSPS) is 15.5. The van der Waals surface area contributed by atoms with Crippen molar-refractivity contribution in [3.05, 3.63) is 101 Å². The minimum absolute atomic E-state index is 0.0958. The standard InChI is InChI=1S/C37H33ClFN3O4/c38-25-13-11-23(12-14-25)29-17-15-27(41-19-5-10-34(41)43)20-24(29)22-46-28-16-18-30(32(39)21-28)36-40-35-31(37(44)45)8-4-9-33(35)42(36)26-6-2-1-3-7-26/h4,8-9,11-18,20-21,26H,1-3,5-7,10,19,22H2,(H,44,45). The Morgan fingerprint density at radius 1 is 0.957 bits per heavy atom. The highest BCUT2D eigenvalue weighted by Crippen LogP contribution is 2.38. The smallest absolute Gasteiger partial charge is 0.337 e. The van der Waals surface area contributed by atoms with E-state index < -0.39 is 11.8 Å². The number of rotatable bonds is 8. The van der Waals surface area contributed by atoms with Gasteiger partial charge >= 0.3 is 5.97 Å². The first kappa shape index (κ1) is 30.0. The summed E-state index contributed by atoms with van der Waals surface area (Å²) in [5.41, 5.74) is 5.00. The van der Waals surface area contributed by atoms with Crippen LogP contribution < -0.4 is 9.64 Å². The third-order valence-corrected chi connectivity index (χ3v) is 9.35. The predicted octanol–water partition coefficient (Wildman–Crippen LogP) is 9.07. The van der Waals surface area contributed by atoms with Gasteiger partial charge in [-0.3, -0.25) is 4.79 Å². The zero-order valence-corrected chi connectivity index (χ0v) is 26.0. The number of benzene rings is 4. The maximum absolute atomic E-state index is 16.0. The Bertz CT molecular complexity index is 1950. The first-order valence-corrected chi connectivity index (χ1v) is 16.1. The van der Waals surface area contributed by atoms with Crippen molar-refractivity contribution in [1.29, 1.82) is 0 Å². The summed E-state index contributed by atoms with van der Waals surface area (Å²) in [6.45, 7) is 0.820. The Morgan fingerprint density at radius 2 is 1.74 bits per heavy atom. The summed E-state index contributed by atoms with van der Waals surface area (Å²) < 4.78 is 24.2. The van der Waals surface area contributed by atoms with Gasteiger partial charge in [-0.2, -0.15) is 0 Å². The van der Waals surface area contributed by atoms with Gasteiger partial charge in [0.2, 0.25) is 5.91 Å². The van der Waals surface area contributed by atoms with Gasteiger partial charge in [0.1, 0.15) is 29.5 Å². The molecule has 0 bridgehead atoms. The van der Waals surface area contributed by atoms with Gasteiger partial charge in [0.05, 0.1) is 16.6 Å². The van der Waals surface area contributed by atoms with Gasteiger partial charge in [-0.25, -0.2) is 14.2 Å². The number of ether oxygens (including phenoxy) is 1. The van der Waals surface area contributed by atoms with Crippen LogP contribution in [0.2, 0.25) is 5.02 Å². The molecular formula is C37H33ClFN3O4. The molecule has 1 aliphatic heterocycles. The number of nitrogens with zero attached hydrogens (tertiary/aromatic N) is 3. The number of aromatic nitrogens is 2. The SMILES string of the molecule is O=C(O)c1cccc2c1nc(-c1ccc(OCc3cc(N4CCCC4=O)ccc3-c3ccc(Cl)cc3)cc1F)n2C1CCCCC1. The van der Waals surface area contributed by atoms with Crippen LogP contribution in [0.5, 0.6) is 5.75 Å². The number of hydrogen-bond acceptors (Lipinski definition) is 4. The Hall–Kier alpha value is -4.69. The van der Waals surface area contributed by atoms with E-state index in [2.05, 4.69) is 0 Å². The van der Waals surface area contributed by atoms with Crippen molar-refractivity contribution in [2.75, 3.05) is 11.4 Å². The fourth-order valence-electron chi connectivity index (χ4n) is 6.82. The molecule has 1 saturated carbocycles. The summed E-state index contributed by atoms with van der Waals surface area (Å²) in [4.78, 5) is 31.0. The van der Waals surface area contributed by atoms with Crippen LogP contribution in [-0.2, 0) is 11.4 Å². The third kappa shape index (κ3) is 5.73. The molecule has 0 spiro atoms. The van der Waals surface area contributed by atoms with Crippen LogP contribution in [0, 0.1) is 5.82 Å². The number of fused-ring (bicyclic) bond motifs is 1. The van der Waals surface area contributed by atoms with Crippen molar-refractivity contribution >= 4 is 40.2 Å². The number of carboxylic acids is 1. The summed E-state index contributed by atoms with van der Waals surface area (Å²) in [6, 6.07) is 23.4. The highest BCUT2D eigenvalue weighted by molar-refractivity contribution is 6.30. The van der Waals surface area contributed by atoms with E-state index in [-0.39, 0.29) is 24.1 Å². The zero-order chi connectivity index (χ0) is 31.8. The first-order chi connectivity index (χ1) is 22.4. The largest absolute Gasteiger partial charge is 0.489 e. The van der Waals surface area contributed by atoms with E-state index in [4.69, 9.17) is 21.3 Å². The number of carboxylic acid groups (broad SMARTS) is 1. The summed E-state index contributed by atoms with van der Waals surface area (Å²) >= 11 is 6.14. The van der Waals surface area contributed by atoms with Gasteiger partial charge in [-0.05, 0) is 84.5 Å². The molecule has 1 aliphatic carbocycles. The molecule has 1 aromatic heterocycles. The second-order valence-corrected chi connectivity index (χ2v) is 12.4. The Kier molecular flexibility index (Phi) is 8.21. The number of amides is 1. The molecule has 2 fully saturated rings. The zero-order valence-electron chi connectivity index (χ0n) is 25.2. The predicted molar refractivity (Wildman–Crippen MR) is 177 cm³/mol. The molecule has 46 heavy (non-hydrogen) atoms. The van der Waals surface area contributed by atoms with E-state index in [1.54, 1.807) is 23.1 Å². The van der Waals surface area contributed by atoms with E-state index in [0.29, 0.717) is 46.2 Å². The van der Waals surface area contributed by atoms with Crippen LogP contribution in [0.25, 0.3) is 33.5 Å². The van der Waals surface area contributed by atoms with Crippen molar-refractivity contribution in [3.8, 4) is 28.3 Å². The minimum atomic E-state index is -1.06. The lowest BCUT2D eigenvalue weighted by molar-refractivity contribution is -0.117. The molecule has 7 rings (SSSR count). The van der Waals surface area contributed by atoms with Crippen LogP contribution in [0.4, 0.5) is 10.1 Å². The fourth-order valence-corrected chi connectivity index (χ4v) is 6.94. The van der Waals surface area contributed by atoms with Crippen molar-refractivity contribution in [3.63, 3.8) is 0 Å². The number of hydrogen-bond donors (Lipinski definition) is 1. The van der Waals surface area contributed by atoms with Crippen LogP contribution in [0.1, 0.15) is 66.9 Å². The topological polar surface area (TPSA) is 84.7 Å². The molecule has 0 radical (unpaired) electrons. The maximum Gasteiger partial charge on any atom is 0.337 e. The van der Waals surface area contributed by atoms with E-state index in [1.807, 2.05) is 53.1 Å². The van der Waals surface area contributed by atoms with Gasteiger partial charge in [-0.1, -0.05) is 55.1 Å². The second kappa shape index (κ2) is 12.6. The average molecular weight is 638 g/mol. The molecule has 4 aromatic carbocycles. The number of anilines is 1. The molecule has 1 saturated heterocycles. The van der Waals surface area contributed by atoms with Gasteiger partial charge in [0, 0.05) is 35.8 Å². The summed E-state index contributed by atoms with van der Waals surface area (Å²) in [5, 5.41) is 10.5. The lowest BCUT2D eigenvalue weighted by Gasteiger charge is -2.26. The lowest BCUT2D eigenvalue weighted by Crippen LogP contribution is -2.23. The molecule has 7 nitrogen and oxygen atoms in total. The molecule has 9 heteroatoms. The molecule has 0 atom stereocenters. The van der Waals surface area contributed by atoms with Crippen LogP contribution in [0.3, 0.4) is 0 Å². The van der Waals surface area contributed by atoms with Gasteiger partial charge in [0.25, 0.3) is 0 Å². The average Bonchev–Trinajstić information content (AvgIpc) is 3.68. The van der Waals surface area contributed by atoms with Gasteiger partial charge in [-0.15, -0.1) is 0 Å². The molecular weight excluding hydrogens is 605 g/mol. The number of carbonyl (C=O) groups excluding carboxylic acids is 1. The quantitative estimate of drug-likeness (QED) is 0.183. The Morgan fingerprint density at radius 3 is 2.46 bits per heavy atom. The van der Waals surface area contributed by atoms with E-state index in [9.17, 15) is 14.7 Å². The lowest BCUT2D eigenvalue weighted by atomic mass is 9.94. The number of halogens is 2. The minimum Gasteiger partial charge on any atom is -0.489 e. The molecule has 5 aromatic rings. The fraction of sp³-hybridized carbons (Fsp3) is 0.270. The van der Waals surface area contributed by atoms with Crippen molar-refractivity contribution < 1.29 is 23.8 Å². The summed E-state index contributed by atoms with van der Waals surface area (Å²) in [6.07, 6.45) is 6.47. The first-order valence-electron chi connectivity index (χ1n) is 15.7. The maximum atomic E-state index is 16.0. The number of carbonyl (C=O) groups is 2. The molecule has 0 unspecified atom stereocenters. The molecule has 1 amide bonds. The van der Waals surface area contributed by atoms with Crippen molar-refractivity contribution in [1.82, 2.24) is 9.55 Å². The molecule has 2 aliphatic rings. The van der Waals surface area contributed by atoms with Crippen LogP contribution >= 0.6 is 11.6 Å². The monoisotopic (exact) mass is 637 g/mol. The number of imidazole rings is 1. The van der Waals surface area contributed by atoms with E-state index in [0.717, 1.165) is 60.9 Å². The number of para-hydroxylation sites is 1. The highest BCUT2D eigenvalue weighted by Gasteiger charge is 2.26.